The molecule has 206 valence electrons. The fourth-order valence-corrected chi connectivity index (χ4v) is 6.16. The van der Waals surface area contributed by atoms with Crippen LogP contribution >= 0.6 is 0 Å². The minimum absolute atomic E-state index is 0.0176. The molecule has 0 aliphatic carbocycles. The molecule has 0 spiro atoms. The summed E-state index contributed by atoms with van der Waals surface area (Å²) in [7, 11) is -3.61. The van der Waals surface area contributed by atoms with Crippen molar-refractivity contribution >= 4 is 27.5 Å². The number of rotatable bonds is 9. The number of carbonyl (C=O) groups excluding carboxylic acids is 2. The van der Waals surface area contributed by atoms with E-state index in [1.165, 1.54) is 34.6 Å². The predicted molar refractivity (Wildman–Crippen MR) is 148 cm³/mol. The molecule has 2 amide bonds. The van der Waals surface area contributed by atoms with Crippen LogP contribution in [0.5, 0.6) is 0 Å². The van der Waals surface area contributed by atoms with Crippen molar-refractivity contribution in [3.8, 4) is 0 Å². The summed E-state index contributed by atoms with van der Waals surface area (Å²) in [6.45, 7) is 1.68. The van der Waals surface area contributed by atoms with E-state index in [1.807, 2.05) is 30.3 Å². The lowest BCUT2D eigenvalue weighted by molar-refractivity contribution is 0.0916. The van der Waals surface area contributed by atoms with Gasteiger partial charge in [0.05, 0.1) is 30.1 Å². The van der Waals surface area contributed by atoms with Gasteiger partial charge in [0.1, 0.15) is 5.82 Å². The van der Waals surface area contributed by atoms with E-state index in [-0.39, 0.29) is 35.7 Å². The van der Waals surface area contributed by atoms with Crippen molar-refractivity contribution in [2.75, 3.05) is 23.2 Å². The lowest BCUT2D eigenvalue weighted by atomic mass is 10.0. The van der Waals surface area contributed by atoms with Crippen LogP contribution in [0.2, 0.25) is 0 Å². The first-order valence-corrected chi connectivity index (χ1v) is 14.4. The van der Waals surface area contributed by atoms with E-state index >= 15 is 0 Å². The van der Waals surface area contributed by atoms with Gasteiger partial charge in [-0.1, -0.05) is 42.5 Å². The van der Waals surface area contributed by atoms with Gasteiger partial charge in [0.15, 0.2) is 0 Å². The van der Waals surface area contributed by atoms with Gasteiger partial charge in [0.2, 0.25) is 10.0 Å². The number of sulfonamides is 1. The maximum Gasteiger partial charge on any atom is 0.251 e. The summed E-state index contributed by atoms with van der Waals surface area (Å²) in [4.78, 5) is 26.6. The molecule has 3 N–H and O–H groups in total. The number of amides is 2. The van der Waals surface area contributed by atoms with Crippen LogP contribution in [0.15, 0.2) is 72.8 Å². The molecule has 0 saturated carbocycles. The number of halogens is 1. The molecule has 3 aromatic carbocycles. The minimum Gasteiger partial charge on any atom is -0.394 e. The monoisotopic (exact) mass is 553 g/mol. The quantitative estimate of drug-likeness (QED) is 0.375. The first kappa shape index (κ1) is 28.3. The number of hydrogen-bond acceptors (Lipinski definition) is 5. The van der Waals surface area contributed by atoms with Gasteiger partial charge < -0.3 is 15.7 Å². The SMILES string of the molecule is C[C@@H](NC(=O)c1cc(C(=O)N[C@H](CO)Cc2ccccc2)cc(N2CCCCS2(=O)=O)c1)c1ccc(F)cc1. The molecule has 8 nitrogen and oxygen atoms in total. The lowest BCUT2D eigenvalue weighted by Gasteiger charge is -2.29. The molecule has 1 heterocycles. The van der Waals surface area contributed by atoms with E-state index in [4.69, 9.17) is 0 Å². The number of hydrogen-bond donors (Lipinski definition) is 3. The van der Waals surface area contributed by atoms with E-state index < -0.39 is 39.7 Å². The fraction of sp³-hybridized carbons (Fsp3) is 0.310. The van der Waals surface area contributed by atoms with E-state index in [2.05, 4.69) is 10.6 Å². The number of aliphatic hydroxyl groups is 1. The average molecular weight is 554 g/mol. The van der Waals surface area contributed by atoms with Crippen molar-refractivity contribution in [1.29, 1.82) is 0 Å². The molecular weight excluding hydrogens is 521 g/mol. The van der Waals surface area contributed by atoms with Crippen LogP contribution in [0.3, 0.4) is 0 Å². The smallest absolute Gasteiger partial charge is 0.251 e. The molecule has 39 heavy (non-hydrogen) atoms. The highest BCUT2D eigenvalue weighted by Crippen LogP contribution is 2.27. The average Bonchev–Trinajstić information content (AvgIpc) is 2.93. The van der Waals surface area contributed by atoms with E-state index in [0.717, 1.165) is 5.56 Å². The molecule has 1 saturated heterocycles. The predicted octanol–water partition coefficient (Wildman–Crippen LogP) is 3.58. The maximum atomic E-state index is 13.3. The summed E-state index contributed by atoms with van der Waals surface area (Å²) in [5.41, 5.74) is 2.05. The van der Waals surface area contributed by atoms with Crippen LogP contribution in [-0.2, 0) is 16.4 Å². The largest absolute Gasteiger partial charge is 0.394 e. The third-order valence-corrected chi connectivity index (χ3v) is 8.55. The zero-order valence-corrected chi connectivity index (χ0v) is 22.5. The Morgan fingerprint density at radius 1 is 0.949 bits per heavy atom. The highest BCUT2D eigenvalue weighted by atomic mass is 32.2. The molecular formula is C29H32FN3O5S. The van der Waals surface area contributed by atoms with E-state index in [1.54, 1.807) is 19.1 Å². The van der Waals surface area contributed by atoms with Crippen molar-refractivity contribution in [1.82, 2.24) is 10.6 Å². The molecule has 1 aliphatic rings. The van der Waals surface area contributed by atoms with Crippen LogP contribution in [0.25, 0.3) is 0 Å². The maximum absolute atomic E-state index is 13.3. The van der Waals surface area contributed by atoms with Gasteiger partial charge in [0, 0.05) is 17.7 Å². The molecule has 0 radical (unpaired) electrons. The topological polar surface area (TPSA) is 116 Å². The second-order valence-corrected chi connectivity index (χ2v) is 11.7. The summed E-state index contributed by atoms with van der Waals surface area (Å²) in [5, 5.41) is 15.5. The minimum atomic E-state index is -3.61. The number of nitrogens with zero attached hydrogens (tertiary/aromatic N) is 1. The Bertz CT molecular complexity index is 1410. The summed E-state index contributed by atoms with van der Waals surface area (Å²) in [6.07, 6.45) is 1.59. The second kappa shape index (κ2) is 12.4. The second-order valence-electron chi connectivity index (χ2n) is 9.65. The molecule has 1 fully saturated rings. The highest BCUT2D eigenvalue weighted by Gasteiger charge is 2.28. The molecule has 4 rings (SSSR count). The summed E-state index contributed by atoms with van der Waals surface area (Å²) in [5.74, 6) is -1.46. The van der Waals surface area contributed by atoms with E-state index in [0.29, 0.717) is 24.8 Å². The molecule has 10 heteroatoms. The zero-order chi connectivity index (χ0) is 28.0. The third-order valence-electron chi connectivity index (χ3n) is 6.68. The van der Waals surface area contributed by atoms with Crippen LogP contribution < -0.4 is 14.9 Å². The Labute approximate surface area is 227 Å². The van der Waals surface area contributed by atoms with E-state index in [9.17, 15) is 27.5 Å². The standard InChI is InChI=1S/C29H32FN3O5S/c1-20(22-9-11-25(30)12-10-22)31-28(35)23-16-24(18-27(17-23)33-13-5-6-14-39(33,37)38)29(36)32-26(19-34)15-21-7-3-2-4-8-21/h2-4,7-12,16-18,20,26,34H,5-6,13-15,19H2,1H3,(H,31,35)(H,32,36)/t20-,26+/m1/s1. The molecule has 0 unspecified atom stereocenters. The number of carbonyl (C=O) groups is 2. The fourth-order valence-electron chi connectivity index (χ4n) is 4.54. The Kier molecular flexibility index (Phi) is 8.98. The van der Waals surface area contributed by atoms with Crippen molar-refractivity contribution in [3.05, 3.63) is 101 Å². The lowest BCUT2D eigenvalue weighted by Crippen LogP contribution is -2.40. The van der Waals surface area contributed by atoms with Gasteiger partial charge in [-0.2, -0.15) is 0 Å². The van der Waals surface area contributed by atoms with Gasteiger partial charge in [-0.15, -0.1) is 0 Å². The Morgan fingerprint density at radius 3 is 2.21 bits per heavy atom. The van der Waals surface area contributed by atoms with Crippen molar-refractivity contribution in [2.24, 2.45) is 0 Å². The van der Waals surface area contributed by atoms with Crippen molar-refractivity contribution in [3.63, 3.8) is 0 Å². The molecule has 0 aromatic heterocycles. The summed E-state index contributed by atoms with van der Waals surface area (Å²) in [6, 6.07) is 18.4. The van der Waals surface area contributed by atoms with Gasteiger partial charge in [-0.3, -0.25) is 13.9 Å². The number of anilines is 1. The van der Waals surface area contributed by atoms with Crippen LogP contribution in [0.1, 0.15) is 57.7 Å². The number of aliphatic hydroxyl groups excluding tert-OH is 1. The van der Waals surface area contributed by atoms with Gasteiger partial charge in [0.25, 0.3) is 11.8 Å². The van der Waals surface area contributed by atoms with Crippen molar-refractivity contribution in [2.45, 2.75) is 38.3 Å². The zero-order valence-electron chi connectivity index (χ0n) is 21.6. The molecule has 0 bridgehead atoms. The van der Waals surface area contributed by atoms with Crippen LogP contribution in [0.4, 0.5) is 10.1 Å². The van der Waals surface area contributed by atoms with Crippen molar-refractivity contribution < 1.29 is 27.5 Å². The first-order chi connectivity index (χ1) is 18.7. The van der Waals surface area contributed by atoms with Gasteiger partial charge >= 0.3 is 0 Å². The normalized spacial score (nSPS) is 16.2. The Hall–Kier alpha value is -3.76. The van der Waals surface area contributed by atoms with Gasteiger partial charge in [-0.05, 0) is 67.6 Å². The summed E-state index contributed by atoms with van der Waals surface area (Å²) < 4.78 is 40.2. The van der Waals surface area contributed by atoms with Crippen LogP contribution in [-0.4, -0.2) is 50.3 Å². The van der Waals surface area contributed by atoms with Crippen LogP contribution in [0, 0.1) is 5.82 Å². The number of benzene rings is 3. The van der Waals surface area contributed by atoms with Gasteiger partial charge in [-0.25, -0.2) is 12.8 Å². The third kappa shape index (κ3) is 7.21. The first-order valence-electron chi connectivity index (χ1n) is 12.8. The summed E-state index contributed by atoms with van der Waals surface area (Å²) >= 11 is 0. The highest BCUT2D eigenvalue weighted by molar-refractivity contribution is 7.92. The number of nitrogens with one attached hydrogen (secondary N) is 2. The molecule has 1 aliphatic heterocycles. The molecule has 2 atom stereocenters. The molecule has 3 aromatic rings. The Morgan fingerprint density at radius 2 is 1.59 bits per heavy atom. The Balaban J connectivity index is 1.62.